The average molecular weight is 514 g/mol. The monoisotopic (exact) mass is 513 g/mol. The number of nitrogens with zero attached hydrogens (tertiary/aromatic N) is 2. The Balaban J connectivity index is 1.32. The highest BCUT2D eigenvalue weighted by atomic mass is 35.5. The lowest BCUT2D eigenvalue weighted by Gasteiger charge is -2.10. The van der Waals surface area contributed by atoms with Crippen molar-refractivity contribution in [1.82, 2.24) is 15.2 Å². The van der Waals surface area contributed by atoms with Gasteiger partial charge in [0.2, 0.25) is 5.16 Å². The number of aliphatic carboxylic acids is 1. The highest BCUT2D eigenvalue weighted by Gasteiger charge is 2.15. The number of rotatable bonds is 8. The van der Waals surface area contributed by atoms with Gasteiger partial charge in [0.25, 0.3) is 0 Å². The number of benzene rings is 4. The Labute approximate surface area is 216 Å². The molecule has 0 spiro atoms. The molecule has 0 atom stereocenters. The number of carbonyl (C=O) groups is 1. The average Bonchev–Trinajstić information content (AvgIpc) is 3.36. The van der Waals surface area contributed by atoms with Gasteiger partial charge in [0.05, 0.1) is 0 Å². The minimum Gasteiger partial charge on any atom is -0.489 e. The predicted octanol–water partition coefficient (Wildman–Crippen LogP) is 7.08. The van der Waals surface area contributed by atoms with Crippen LogP contribution in [0.25, 0.3) is 28.2 Å². The standard InChI is InChI=1S/C28H20ClN3O3S/c29-22-13-11-20(12-14-22)26-30-28(32-31-26)36-25(27(33)34)16-18-5-3-9-23(15-18)35-17-21-8-4-7-19-6-1-2-10-24(19)21/h1-16H,17H2,(H,33,34)(H,30,31,32)/b25-16-. The zero-order valence-electron chi connectivity index (χ0n) is 18.9. The van der Waals surface area contributed by atoms with Crippen molar-refractivity contribution in [1.29, 1.82) is 0 Å². The van der Waals surface area contributed by atoms with E-state index in [4.69, 9.17) is 16.3 Å². The van der Waals surface area contributed by atoms with Crippen molar-refractivity contribution in [3.05, 3.63) is 112 Å². The largest absolute Gasteiger partial charge is 0.489 e. The predicted molar refractivity (Wildman–Crippen MR) is 143 cm³/mol. The van der Waals surface area contributed by atoms with Crippen LogP contribution in [0.15, 0.2) is 101 Å². The van der Waals surface area contributed by atoms with Gasteiger partial charge in [-0.05, 0) is 76.1 Å². The Bertz CT molecular complexity index is 1560. The van der Waals surface area contributed by atoms with Crippen molar-refractivity contribution >= 4 is 46.2 Å². The third-order valence-electron chi connectivity index (χ3n) is 5.42. The molecule has 0 amide bonds. The number of halogens is 1. The molecule has 36 heavy (non-hydrogen) atoms. The molecule has 5 aromatic rings. The van der Waals surface area contributed by atoms with Crippen molar-refractivity contribution in [2.75, 3.05) is 0 Å². The number of H-pyrrole nitrogens is 1. The molecule has 6 nitrogen and oxygen atoms in total. The molecule has 5 rings (SSSR count). The first-order valence-electron chi connectivity index (χ1n) is 11.1. The molecule has 2 N–H and O–H groups in total. The summed E-state index contributed by atoms with van der Waals surface area (Å²) < 4.78 is 6.04. The van der Waals surface area contributed by atoms with Crippen molar-refractivity contribution in [2.24, 2.45) is 0 Å². The van der Waals surface area contributed by atoms with E-state index in [0.717, 1.165) is 33.7 Å². The van der Waals surface area contributed by atoms with Crippen LogP contribution in [0.1, 0.15) is 11.1 Å². The van der Waals surface area contributed by atoms with Crippen molar-refractivity contribution in [3.8, 4) is 17.1 Å². The smallest absolute Gasteiger partial charge is 0.342 e. The third kappa shape index (κ3) is 5.59. The summed E-state index contributed by atoms with van der Waals surface area (Å²) in [6, 6.07) is 28.7. The zero-order valence-corrected chi connectivity index (χ0v) is 20.5. The van der Waals surface area contributed by atoms with Crippen LogP contribution in [0.5, 0.6) is 5.75 Å². The van der Waals surface area contributed by atoms with Crippen LogP contribution in [-0.2, 0) is 11.4 Å². The van der Waals surface area contributed by atoms with E-state index in [2.05, 4.69) is 33.4 Å². The lowest BCUT2D eigenvalue weighted by molar-refractivity contribution is -0.131. The van der Waals surface area contributed by atoms with Crippen LogP contribution >= 0.6 is 23.4 Å². The molecule has 0 unspecified atom stereocenters. The first kappa shape index (κ1) is 23.7. The van der Waals surface area contributed by atoms with Crippen LogP contribution in [-0.4, -0.2) is 26.3 Å². The van der Waals surface area contributed by atoms with Crippen LogP contribution in [0.3, 0.4) is 0 Å². The first-order chi connectivity index (χ1) is 17.5. The highest BCUT2D eigenvalue weighted by molar-refractivity contribution is 8.04. The van der Waals surface area contributed by atoms with E-state index in [-0.39, 0.29) is 4.91 Å². The molecule has 178 valence electrons. The van der Waals surface area contributed by atoms with Gasteiger partial charge in [0, 0.05) is 10.6 Å². The zero-order chi connectivity index (χ0) is 24.9. The minimum absolute atomic E-state index is 0.0860. The molecule has 1 heterocycles. The van der Waals surface area contributed by atoms with Gasteiger partial charge >= 0.3 is 5.97 Å². The summed E-state index contributed by atoms with van der Waals surface area (Å²) in [7, 11) is 0. The van der Waals surface area contributed by atoms with Crippen LogP contribution in [0.2, 0.25) is 5.02 Å². The molecule has 0 fully saturated rings. The van der Waals surface area contributed by atoms with E-state index in [1.165, 1.54) is 0 Å². The Hall–Kier alpha value is -4.07. The maximum Gasteiger partial charge on any atom is 0.342 e. The van der Waals surface area contributed by atoms with Gasteiger partial charge < -0.3 is 9.84 Å². The molecule has 0 aliphatic rings. The molecule has 0 saturated carbocycles. The number of ether oxygens (including phenoxy) is 1. The fourth-order valence-electron chi connectivity index (χ4n) is 3.69. The molecule has 0 radical (unpaired) electrons. The number of aromatic nitrogens is 3. The number of aromatic amines is 1. The molecule has 0 aliphatic carbocycles. The maximum absolute atomic E-state index is 11.9. The van der Waals surface area contributed by atoms with Crippen molar-refractivity contribution < 1.29 is 14.6 Å². The Morgan fingerprint density at radius 1 is 1.00 bits per heavy atom. The summed E-state index contributed by atoms with van der Waals surface area (Å²) in [5, 5.41) is 20.0. The lowest BCUT2D eigenvalue weighted by Crippen LogP contribution is -1.98. The van der Waals surface area contributed by atoms with E-state index >= 15 is 0 Å². The molecule has 1 aromatic heterocycles. The molecule has 4 aromatic carbocycles. The van der Waals surface area contributed by atoms with Gasteiger partial charge in [0.15, 0.2) is 5.82 Å². The van der Waals surface area contributed by atoms with Gasteiger partial charge in [-0.2, -0.15) is 0 Å². The SMILES string of the molecule is O=C(O)/C(=C/c1cccc(OCc2cccc3ccccc23)c1)Sc1n[nH]c(-c2ccc(Cl)cc2)n1. The van der Waals surface area contributed by atoms with Gasteiger partial charge in [-0.15, -0.1) is 5.10 Å². The van der Waals surface area contributed by atoms with Crippen molar-refractivity contribution in [2.45, 2.75) is 11.8 Å². The Morgan fingerprint density at radius 2 is 1.78 bits per heavy atom. The quantitative estimate of drug-likeness (QED) is 0.170. The summed E-state index contributed by atoms with van der Waals surface area (Å²) in [5.74, 6) is 0.108. The number of nitrogens with one attached hydrogen (secondary N) is 1. The van der Waals surface area contributed by atoms with Gasteiger partial charge in [-0.3, -0.25) is 5.10 Å². The van der Waals surface area contributed by atoms with E-state index in [0.29, 0.717) is 33.9 Å². The number of hydrogen-bond acceptors (Lipinski definition) is 5. The first-order valence-corrected chi connectivity index (χ1v) is 12.3. The second-order valence-electron chi connectivity index (χ2n) is 7.89. The fourth-order valence-corrected chi connectivity index (χ4v) is 4.52. The molecular weight excluding hydrogens is 494 g/mol. The van der Waals surface area contributed by atoms with Crippen LogP contribution in [0.4, 0.5) is 0 Å². The summed E-state index contributed by atoms with van der Waals surface area (Å²) in [5.41, 5.74) is 2.58. The van der Waals surface area contributed by atoms with E-state index in [1.807, 2.05) is 60.7 Å². The molecule has 8 heteroatoms. The van der Waals surface area contributed by atoms with Gasteiger partial charge in [-0.25, -0.2) is 9.78 Å². The van der Waals surface area contributed by atoms with Gasteiger partial charge in [-0.1, -0.05) is 66.2 Å². The molecule has 0 saturated heterocycles. The topological polar surface area (TPSA) is 88.1 Å². The summed E-state index contributed by atoms with van der Waals surface area (Å²) in [6.07, 6.45) is 1.58. The molecule has 0 bridgehead atoms. The lowest BCUT2D eigenvalue weighted by atomic mass is 10.1. The van der Waals surface area contributed by atoms with Crippen molar-refractivity contribution in [3.63, 3.8) is 0 Å². The Morgan fingerprint density at radius 3 is 2.61 bits per heavy atom. The van der Waals surface area contributed by atoms with E-state index < -0.39 is 5.97 Å². The number of fused-ring (bicyclic) bond motifs is 1. The van der Waals surface area contributed by atoms with Crippen LogP contribution in [0, 0.1) is 0 Å². The van der Waals surface area contributed by atoms with Gasteiger partial charge in [0.1, 0.15) is 17.3 Å². The second-order valence-corrected chi connectivity index (χ2v) is 9.33. The number of hydrogen-bond donors (Lipinski definition) is 2. The normalized spacial score (nSPS) is 11.5. The highest BCUT2D eigenvalue weighted by Crippen LogP contribution is 2.29. The van der Waals surface area contributed by atoms with Crippen LogP contribution < -0.4 is 4.74 Å². The summed E-state index contributed by atoms with van der Waals surface area (Å²) >= 11 is 6.91. The molecular formula is C28H20ClN3O3S. The summed E-state index contributed by atoms with van der Waals surface area (Å²) in [6.45, 7) is 0.403. The maximum atomic E-state index is 11.9. The number of carboxylic acid groups (broad SMARTS) is 1. The summed E-state index contributed by atoms with van der Waals surface area (Å²) in [4.78, 5) is 16.4. The second kappa shape index (κ2) is 10.7. The number of carboxylic acids is 1. The molecule has 0 aliphatic heterocycles. The van der Waals surface area contributed by atoms with E-state index in [9.17, 15) is 9.90 Å². The minimum atomic E-state index is -1.07. The number of thioether (sulfide) groups is 1. The Kier molecular flexibility index (Phi) is 7.02. The van der Waals surface area contributed by atoms with E-state index in [1.54, 1.807) is 18.2 Å². The third-order valence-corrected chi connectivity index (χ3v) is 6.55. The fraction of sp³-hybridized carbons (Fsp3) is 0.0357.